The van der Waals surface area contributed by atoms with Crippen molar-refractivity contribution >= 4 is 17.8 Å². The smallest absolute Gasteiger partial charge is 0.326 e. The highest BCUT2D eigenvalue weighted by Crippen LogP contribution is 2.02. The van der Waals surface area contributed by atoms with E-state index in [1.165, 1.54) is 0 Å². The van der Waals surface area contributed by atoms with Crippen molar-refractivity contribution in [3.8, 4) is 0 Å². The molecule has 0 aliphatic heterocycles. The average Bonchev–Trinajstić information content (AvgIpc) is 2.89. The van der Waals surface area contributed by atoms with Gasteiger partial charge in [0.1, 0.15) is 18.9 Å². The molecule has 0 aliphatic carbocycles. The maximum Gasteiger partial charge on any atom is 0.326 e. The number of aliphatic hydroxyl groups excluding tert-OH is 2. The van der Waals surface area contributed by atoms with Crippen LogP contribution in [0.4, 0.5) is 0 Å². The first-order chi connectivity index (χ1) is 19.1. The quantitative estimate of drug-likeness (QED) is 0.0339. The van der Waals surface area contributed by atoms with Gasteiger partial charge in [0.2, 0.25) is 18.2 Å². The molecule has 2 amide bonds. The van der Waals surface area contributed by atoms with Crippen LogP contribution in [0.2, 0.25) is 0 Å². The van der Waals surface area contributed by atoms with Crippen LogP contribution in [0.15, 0.2) is 0 Å². The van der Waals surface area contributed by atoms with Crippen molar-refractivity contribution in [1.29, 1.82) is 0 Å². The van der Waals surface area contributed by atoms with E-state index in [1.54, 1.807) is 13.8 Å². The molecule has 0 aliphatic rings. The van der Waals surface area contributed by atoms with Crippen LogP contribution in [-0.4, -0.2) is 135 Å². The van der Waals surface area contributed by atoms with Crippen LogP contribution in [0.25, 0.3) is 0 Å². The molecule has 236 valence electrons. The SMILES string of the molecule is CC(C)C(NC(O)O)C(=O)NCCOCCOCC(O)NCCOCCOCC(=O)NC(CCCCN)C(=O)O. The first-order valence-corrected chi connectivity index (χ1v) is 13.4. The number of nitrogens with one attached hydrogen (secondary N) is 4. The Morgan fingerprint density at radius 2 is 1.48 bits per heavy atom. The van der Waals surface area contributed by atoms with E-state index in [9.17, 15) is 19.5 Å². The average molecular weight is 584 g/mol. The standard InChI is InChI=1S/C24H49N5O11/c1-17(2)21(29-24(35)36)22(32)27-8-10-38-11-13-39-15-19(30)26-7-9-37-12-14-40-16-20(31)28-18(23(33)34)5-3-4-6-25/h17-19,21,24,26,29-30,35-36H,3-16,25H2,1-2H3,(H,27,32)(H,28,31)(H,33,34). The molecule has 0 spiro atoms. The van der Waals surface area contributed by atoms with Crippen molar-refractivity contribution in [3.63, 3.8) is 0 Å². The van der Waals surface area contributed by atoms with Gasteiger partial charge in [-0.05, 0) is 31.7 Å². The summed E-state index contributed by atoms with van der Waals surface area (Å²) in [5.41, 5.74) is 5.39. The highest BCUT2D eigenvalue weighted by atomic mass is 16.5. The molecule has 0 bridgehead atoms. The third-order valence-electron chi connectivity index (χ3n) is 5.28. The number of aliphatic carboxylic acids is 1. The van der Waals surface area contributed by atoms with Crippen LogP contribution in [0, 0.1) is 5.92 Å². The Bertz CT molecular complexity index is 673. The molecule has 10 N–H and O–H groups in total. The number of rotatable bonds is 27. The Morgan fingerprint density at radius 3 is 2.08 bits per heavy atom. The van der Waals surface area contributed by atoms with Crippen molar-refractivity contribution in [2.24, 2.45) is 11.7 Å². The summed E-state index contributed by atoms with van der Waals surface area (Å²) in [6, 6.07) is -1.71. The molecule has 3 unspecified atom stereocenters. The lowest BCUT2D eigenvalue weighted by Gasteiger charge is -2.22. The molecule has 0 aromatic heterocycles. The van der Waals surface area contributed by atoms with Gasteiger partial charge in [-0.25, -0.2) is 4.79 Å². The second kappa shape index (κ2) is 24.8. The first-order valence-electron chi connectivity index (χ1n) is 13.4. The maximum absolute atomic E-state index is 12.1. The van der Waals surface area contributed by atoms with Crippen LogP contribution in [0.3, 0.4) is 0 Å². The number of aliphatic hydroxyl groups is 3. The largest absolute Gasteiger partial charge is 0.480 e. The summed E-state index contributed by atoms with van der Waals surface area (Å²) in [6.07, 6.45) is -1.10. The number of nitrogens with two attached hydrogens (primary N) is 1. The third kappa shape index (κ3) is 21.8. The van der Waals surface area contributed by atoms with Crippen molar-refractivity contribution in [2.45, 2.75) is 57.8 Å². The number of amides is 2. The van der Waals surface area contributed by atoms with Gasteiger partial charge in [0.25, 0.3) is 0 Å². The van der Waals surface area contributed by atoms with Crippen molar-refractivity contribution in [2.75, 3.05) is 72.5 Å². The van der Waals surface area contributed by atoms with E-state index in [0.29, 0.717) is 32.4 Å². The van der Waals surface area contributed by atoms with Crippen molar-refractivity contribution in [3.05, 3.63) is 0 Å². The number of unbranched alkanes of at least 4 members (excludes halogenated alkanes) is 1. The van der Waals surface area contributed by atoms with Gasteiger partial charge in [-0.3, -0.25) is 20.2 Å². The number of carboxylic acid groups (broad SMARTS) is 1. The highest BCUT2D eigenvalue weighted by Gasteiger charge is 2.23. The number of ether oxygens (including phenoxy) is 4. The Morgan fingerprint density at radius 1 is 0.850 bits per heavy atom. The zero-order chi connectivity index (χ0) is 30.2. The van der Waals surface area contributed by atoms with E-state index in [1.807, 2.05) is 0 Å². The molecule has 0 saturated carbocycles. The number of hydrogen-bond donors (Lipinski definition) is 9. The first kappa shape index (κ1) is 38.0. The zero-order valence-corrected chi connectivity index (χ0v) is 23.5. The molecule has 0 rings (SSSR count). The third-order valence-corrected chi connectivity index (χ3v) is 5.28. The fraction of sp³-hybridized carbons (Fsp3) is 0.875. The van der Waals surface area contributed by atoms with Gasteiger partial charge >= 0.3 is 5.97 Å². The predicted molar refractivity (Wildman–Crippen MR) is 143 cm³/mol. The molecule has 16 heteroatoms. The van der Waals surface area contributed by atoms with E-state index in [0.717, 1.165) is 0 Å². The normalized spacial score (nSPS) is 13.8. The molecule has 0 aromatic carbocycles. The minimum Gasteiger partial charge on any atom is -0.480 e. The second-order valence-electron chi connectivity index (χ2n) is 9.12. The summed E-state index contributed by atoms with van der Waals surface area (Å²) in [5, 5.41) is 47.2. The van der Waals surface area contributed by atoms with E-state index in [-0.39, 0.29) is 71.2 Å². The van der Waals surface area contributed by atoms with Gasteiger partial charge in [-0.2, -0.15) is 0 Å². The molecule has 0 radical (unpaired) electrons. The van der Waals surface area contributed by atoms with Gasteiger partial charge in [0.15, 0.2) is 0 Å². The Hall–Kier alpha value is -1.99. The molecule has 0 saturated heterocycles. The molecule has 40 heavy (non-hydrogen) atoms. The topological polar surface area (TPSA) is 243 Å². The van der Waals surface area contributed by atoms with E-state index in [4.69, 9.17) is 40.0 Å². The summed E-state index contributed by atoms with van der Waals surface area (Å²) in [5.74, 6) is -2.12. The maximum atomic E-state index is 12.1. The number of hydrogen-bond acceptors (Lipinski definition) is 13. The van der Waals surface area contributed by atoms with Gasteiger partial charge in [-0.15, -0.1) is 0 Å². The predicted octanol–water partition coefficient (Wildman–Crippen LogP) is -3.34. The van der Waals surface area contributed by atoms with Crippen LogP contribution in [-0.2, 0) is 33.3 Å². The van der Waals surface area contributed by atoms with Gasteiger partial charge in [0.05, 0.1) is 52.3 Å². The summed E-state index contributed by atoms with van der Waals surface area (Å²) < 4.78 is 21.2. The van der Waals surface area contributed by atoms with Gasteiger partial charge < -0.3 is 55.7 Å². The fourth-order valence-corrected chi connectivity index (χ4v) is 3.23. The summed E-state index contributed by atoms with van der Waals surface area (Å²) in [7, 11) is 0. The van der Waals surface area contributed by atoms with E-state index >= 15 is 0 Å². The van der Waals surface area contributed by atoms with E-state index in [2.05, 4.69) is 21.3 Å². The summed E-state index contributed by atoms with van der Waals surface area (Å²) >= 11 is 0. The second-order valence-corrected chi connectivity index (χ2v) is 9.12. The Labute approximate surface area is 235 Å². The number of carbonyl (C=O) groups excluding carboxylic acids is 2. The van der Waals surface area contributed by atoms with Gasteiger partial charge in [-0.1, -0.05) is 13.8 Å². The molecule has 3 atom stereocenters. The van der Waals surface area contributed by atoms with Crippen LogP contribution >= 0.6 is 0 Å². The monoisotopic (exact) mass is 583 g/mol. The minimum absolute atomic E-state index is 0.0348. The molecule has 0 fully saturated rings. The van der Waals surface area contributed by atoms with Crippen LogP contribution in [0.5, 0.6) is 0 Å². The lowest BCUT2D eigenvalue weighted by atomic mass is 10.0. The molecule has 0 aromatic rings. The van der Waals surface area contributed by atoms with E-state index < -0.39 is 36.6 Å². The van der Waals surface area contributed by atoms with Crippen molar-refractivity contribution in [1.82, 2.24) is 21.3 Å². The Balaban J connectivity index is 3.65. The van der Waals surface area contributed by atoms with Gasteiger partial charge in [0, 0.05) is 13.1 Å². The zero-order valence-electron chi connectivity index (χ0n) is 23.5. The summed E-state index contributed by atoms with van der Waals surface area (Å²) in [4.78, 5) is 35.1. The number of carbonyl (C=O) groups is 3. The number of carboxylic acids is 1. The van der Waals surface area contributed by atoms with Crippen LogP contribution < -0.4 is 27.0 Å². The highest BCUT2D eigenvalue weighted by molar-refractivity contribution is 5.84. The molecule has 0 heterocycles. The lowest BCUT2D eigenvalue weighted by molar-refractivity contribution is -0.142. The summed E-state index contributed by atoms with van der Waals surface area (Å²) in [6.45, 7) is 5.77. The molecular formula is C24H49N5O11. The molecular weight excluding hydrogens is 534 g/mol. The lowest BCUT2D eigenvalue weighted by Crippen LogP contribution is -2.51. The van der Waals surface area contributed by atoms with Crippen LogP contribution in [0.1, 0.15) is 33.1 Å². The fourth-order valence-electron chi connectivity index (χ4n) is 3.23. The molecule has 16 nitrogen and oxygen atoms in total. The minimum atomic E-state index is -1.78. The van der Waals surface area contributed by atoms with Crippen molar-refractivity contribution < 1.29 is 53.8 Å². The Kier molecular flexibility index (Phi) is 23.5.